The average molecular weight is 1140 g/mol. The third-order valence-corrected chi connectivity index (χ3v) is 14.2. The largest absolute Gasteiger partial charge is 2.00 e. The van der Waals surface area contributed by atoms with Crippen molar-refractivity contribution in [2.75, 3.05) is 0 Å². The van der Waals surface area contributed by atoms with Crippen molar-refractivity contribution in [2.24, 2.45) is 0 Å². The summed E-state index contributed by atoms with van der Waals surface area (Å²) in [6.07, 6.45) is 2.04. The summed E-state index contributed by atoms with van der Waals surface area (Å²) < 4.78 is 13.4. The molecule has 73 heavy (non-hydrogen) atoms. The molecule has 0 saturated heterocycles. The minimum absolute atomic E-state index is 0. The van der Waals surface area contributed by atoms with Crippen LogP contribution in [0.15, 0.2) is 152 Å². The second-order valence-electron chi connectivity index (χ2n) is 24.1. The number of hydrogen-bond acceptors (Lipinski definition) is 2. The van der Waals surface area contributed by atoms with Gasteiger partial charge in [-0.2, -0.15) is 12.1 Å². The van der Waals surface area contributed by atoms with Gasteiger partial charge in [-0.1, -0.05) is 198 Å². The molecule has 1 aliphatic heterocycles. The van der Waals surface area contributed by atoms with Crippen LogP contribution in [0.25, 0.3) is 49.9 Å². The van der Waals surface area contributed by atoms with Gasteiger partial charge in [-0.15, -0.1) is 23.6 Å². The fourth-order valence-corrected chi connectivity index (χ4v) is 9.88. The molecule has 370 valence electrons. The van der Waals surface area contributed by atoms with Gasteiger partial charge in [0.2, 0.25) is 5.69 Å². The monoisotopic (exact) mass is 1140 g/mol. The van der Waals surface area contributed by atoms with E-state index in [1.807, 2.05) is 24.4 Å². The number of benzene rings is 7. The first-order chi connectivity index (χ1) is 34.0. The zero-order valence-electron chi connectivity index (χ0n) is 45.0. The fraction of sp³-hybridized carbons (Fsp3) is 0.284. The number of pyridine rings is 1. The van der Waals surface area contributed by atoms with E-state index in [0.29, 0.717) is 11.5 Å². The van der Waals surface area contributed by atoms with E-state index in [4.69, 9.17) is 9.72 Å². The zero-order valence-corrected chi connectivity index (χ0v) is 47.3. The first-order valence-electron chi connectivity index (χ1n) is 25.6. The van der Waals surface area contributed by atoms with Crippen molar-refractivity contribution < 1.29 is 25.8 Å². The molecule has 0 N–H and O–H groups in total. The Morgan fingerprint density at radius 2 is 1.18 bits per heavy atom. The van der Waals surface area contributed by atoms with Crippen molar-refractivity contribution in [3.05, 3.63) is 192 Å². The van der Waals surface area contributed by atoms with Crippen LogP contribution in [0.5, 0.6) is 11.5 Å². The summed E-state index contributed by atoms with van der Waals surface area (Å²) in [5.41, 5.74) is 16.9. The molecule has 3 heterocycles. The Labute approximate surface area is 448 Å². The maximum Gasteiger partial charge on any atom is 2.00 e. The van der Waals surface area contributed by atoms with E-state index in [0.717, 1.165) is 67.1 Å². The molecule has 0 atom stereocenters. The number of ether oxygens (including phenoxy) is 1. The second-order valence-corrected chi connectivity index (χ2v) is 24.1. The van der Waals surface area contributed by atoms with Crippen LogP contribution in [-0.2, 0) is 42.7 Å². The Bertz CT molecular complexity index is 3620. The molecule has 0 aliphatic carbocycles. The van der Waals surface area contributed by atoms with Crippen LogP contribution in [0.4, 0.5) is 22.7 Å². The van der Waals surface area contributed by atoms with Crippen LogP contribution in [0, 0.1) is 12.1 Å². The molecule has 5 nitrogen and oxygen atoms in total. The van der Waals surface area contributed by atoms with Gasteiger partial charge in [0.25, 0.3) is 5.69 Å². The quantitative estimate of drug-likeness (QED) is 0.112. The Kier molecular flexibility index (Phi) is 13.3. The smallest absolute Gasteiger partial charge is 0.509 e. The predicted molar refractivity (Wildman–Crippen MR) is 303 cm³/mol. The molecule has 0 radical (unpaired) electrons. The van der Waals surface area contributed by atoms with Crippen LogP contribution < -0.4 is 13.9 Å². The second kappa shape index (κ2) is 19.0. The van der Waals surface area contributed by atoms with Crippen molar-refractivity contribution >= 4 is 50.6 Å². The SMILES string of the molecule is CC(C)c1cc(-n2c3[c-]c(Oc4[c-]c([N+]5=C=[N+](c6cc(C(C)(C)C)cc(C(C)(C)C)c6)c6c(-c7cccc(C(C)(C)C)c7)cccc65)ccc4)ccc3c3ccccc32)ncc1-c1ccc(C(C)(C)C)cc1.[Pt+2]. The van der Waals surface area contributed by atoms with Gasteiger partial charge in [-0.05, 0) is 94.7 Å². The minimum Gasteiger partial charge on any atom is -0.509 e. The molecule has 0 saturated carbocycles. The molecular weight excluding hydrogens is 1070 g/mol. The van der Waals surface area contributed by atoms with Crippen LogP contribution in [0.3, 0.4) is 0 Å². The van der Waals surface area contributed by atoms with Crippen LogP contribution in [-0.4, -0.2) is 15.6 Å². The van der Waals surface area contributed by atoms with Crippen LogP contribution >= 0.6 is 0 Å². The van der Waals surface area contributed by atoms with Crippen molar-refractivity contribution in [2.45, 2.75) is 125 Å². The van der Waals surface area contributed by atoms with Crippen molar-refractivity contribution in [1.82, 2.24) is 18.7 Å². The van der Waals surface area contributed by atoms with Gasteiger partial charge < -0.3 is 9.30 Å². The van der Waals surface area contributed by atoms with Gasteiger partial charge in [0.1, 0.15) is 11.5 Å². The first kappa shape index (κ1) is 51.3. The minimum atomic E-state index is -0.0653. The normalized spacial score (nSPS) is 13.0. The maximum atomic E-state index is 6.78. The zero-order chi connectivity index (χ0) is 51.1. The summed E-state index contributed by atoms with van der Waals surface area (Å²) in [6.45, 7) is 31.8. The fourth-order valence-electron chi connectivity index (χ4n) is 9.88. The number of hydrogen-bond donors (Lipinski definition) is 0. The van der Waals surface area contributed by atoms with E-state index >= 15 is 0 Å². The molecule has 0 bridgehead atoms. The number of para-hydroxylation sites is 2. The van der Waals surface area contributed by atoms with Crippen LogP contribution in [0.2, 0.25) is 0 Å². The molecule has 2 aromatic heterocycles. The molecule has 0 spiro atoms. The number of rotatable bonds is 8. The molecule has 7 aromatic carbocycles. The van der Waals surface area contributed by atoms with E-state index in [1.165, 1.54) is 33.4 Å². The Balaban J connectivity index is 0.00000656. The van der Waals surface area contributed by atoms with E-state index in [2.05, 4.69) is 256 Å². The summed E-state index contributed by atoms with van der Waals surface area (Å²) in [4.78, 5) is 5.18. The van der Waals surface area contributed by atoms with Crippen LogP contribution in [0.1, 0.15) is 131 Å². The maximum absolute atomic E-state index is 6.78. The van der Waals surface area contributed by atoms with Crippen molar-refractivity contribution in [1.29, 1.82) is 0 Å². The number of nitrogens with zero attached hydrogens (tertiary/aromatic N) is 4. The van der Waals surface area contributed by atoms with Crippen molar-refractivity contribution in [3.8, 4) is 39.6 Å². The van der Waals surface area contributed by atoms with Gasteiger partial charge in [0, 0.05) is 47.0 Å². The Morgan fingerprint density at radius 3 is 1.85 bits per heavy atom. The molecule has 0 fully saturated rings. The van der Waals surface area contributed by atoms with E-state index in [-0.39, 0.29) is 48.6 Å². The molecule has 10 rings (SSSR count). The molecule has 6 heteroatoms. The molecule has 1 aliphatic rings. The molecule has 0 unspecified atom stereocenters. The van der Waals surface area contributed by atoms with Gasteiger partial charge in [-0.3, -0.25) is 0 Å². The summed E-state index contributed by atoms with van der Waals surface area (Å²) in [6, 6.07) is 63.8. The number of fused-ring (bicyclic) bond motifs is 4. The Hall–Kier alpha value is -6.64. The number of aromatic nitrogens is 2. The van der Waals surface area contributed by atoms with E-state index in [1.54, 1.807) is 0 Å². The van der Waals surface area contributed by atoms with Crippen molar-refractivity contribution in [3.63, 3.8) is 0 Å². The summed E-state index contributed by atoms with van der Waals surface area (Å²) in [5.74, 6) is 2.28. The predicted octanol–water partition coefficient (Wildman–Crippen LogP) is 18.1. The van der Waals surface area contributed by atoms with Gasteiger partial charge in [0.15, 0.2) is 0 Å². The average Bonchev–Trinajstić information content (AvgIpc) is 3.89. The molecule has 9 aromatic rings. The first-order valence-corrected chi connectivity index (χ1v) is 25.6. The standard InChI is InChI=1S/C67H68N4O.Pt/c1-43(2)57-40-62(68-41-58(57)44-28-30-46(31-29-44)64(3,4)5)71-59-26-16-15-24-55(59)56-33-32-53(39-61(56)71)72-52-23-18-22-50(38-52)69-42-70(51-36-48(66(9,10)11)35-49(37-51)67(12,13)14)63-54(25-19-27-60(63)69)45-20-17-21-47(34-45)65(6,7)8;/h15-37,40-41,43H,1-14H3;/q;+2. The molecular formula is C67H68N4OPt+2. The summed E-state index contributed by atoms with van der Waals surface area (Å²) in [7, 11) is 0. The van der Waals surface area contributed by atoms with E-state index < -0.39 is 0 Å². The summed E-state index contributed by atoms with van der Waals surface area (Å²) in [5, 5.41) is 2.21. The third-order valence-electron chi connectivity index (χ3n) is 14.2. The van der Waals surface area contributed by atoms with Gasteiger partial charge in [-0.25, -0.2) is 4.98 Å². The third kappa shape index (κ3) is 9.95. The summed E-state index contributed by atoms with van der Waals surface area (Å²) >= 11 is 0. The van der Waals surface area contributed by atoms with Gasteiger partial charge >= 0.3 is 32.8 Å². The van der Waals surface area contributed by atoms with Gasteiger partial charge in [0.05, 0.1) is 5.56 Å². The van der Waals surface area contributed by atoms with E-state index in [9.17, 15) is 0 Å². The topological polar surface area (TPSA) is 33.1 Å². The Morgan fingerprint density at radius 1 is 0.534 bits per heavy atom. The molecule has 0 amide bonds.